The minimum absolute atomic E-state index is 0.253. The van der Waals surface area contributed by atoms with E-state index in [1.807, 2.05) is 6.92 Å². The molecule has 1 heterocycles. The Balaban J connectivity index is 2.03. The molecule has 0 aromatic heterocycles. The van der Waals surface area contributed by atoms with E-state index in [-0.39, 0.29) is 12.6 Å². The molecular formula is C15H19ClN2O3. The molecule has 1 aromatic carbocycles. The number of carbonyl (C=O) groups excluding carboxylic acids is 1. The summed E-state index contributed by atoms with van der Waals surface area (Å²) >= 11 is 5.87. The van der Waals surface area contributed by atoms with Crippen LogP contribution in [0.5, 0.6) is 0 Å². The van der Waals surface area contributed by atoms with Gasteiger partial charge in [-0.15, -0.1) is 0 Å². The molecule has 5 nitrogen and oxygen atoms in total. The van der Waals surface area contributed by atoms with Gasteiger partial charge in [0.05, 0.1) is 5.41 Å². The molecule has 21 heavy (non-hydrogen) atoms. The molecule has 1 aliphatic heterocycles. The number of carbonyl (C=O) groups is 2. The molecule has 2 N–H and O–H groups in total. The van der Waals surface area contributed by atoms with E-state index in [1.165, 1.54) is 0 Å². The van der Waals surface area contributed by atoms with Crippen LogP contribution in [0.4, 0.5) is 10.5 Å². The Labute approximate surface area is 128 Å². The number of nitrogens with zero attached hydrogens (tertiary/aromatic N) is 1. The summed E-state index contributed by atoms with van der Waals surface area (Å²) in [5, 5.41) is 12.7. The summed E-state index contributed by atoms with van der Waals surface area (Å²) in [6.07, 6.45) is 1.87. The number of likely N-dealkylation sites (tertiary alicyclic amines) is 1. The zero-order valence-electron chi connectivity index (χ0n) is 11.9. The van der Waals surface area contributed by atoms with Crippen LogP contribution in [0.15, 0.2) is 24.3 Å². The predicted octanol–water partition coefficient (Wildman–Crippen LogP) is 3.45. The number of halogens is 1. The summed E-state index contributed by atoms with van der Waals surface area (Å²) in [6, 6.07) is 6.60. The number of rotatable bonds is 4. The van der Waals surface area contributed by atoms with Crippen LogP contribution >= 0.6 is 11.6 Å². The molecule has 1 aromatic rings. The Morgan fingerprint density at radius 1 is 1.48 bits per heavy atom. The first-order chi connectivity index (χ1) is 9.97. The first kappa shape index (κ1) is 15.6. The third-order valence-corrected chi connectivity index (χ3v) is 4.13. The summed E-state index contributed by atoms with van der Waals surface area (Å²) in [4.78, 5) is 25.3. The molecule has 1 fully saturated rings. The van der Waals surface area contributed by atoms with Gasteiger partial charge in [0.15, 0.2) is 0 Å². The van der Waals surface area contributed by atoms with Crippen molar-refractivity contribution in [3.05, 3.63) is 29.3 Å². The minimum Gasteiger partial charge on any atom is -0.481 e. The van der Waals surface area contributed by atoms with E-state index < -0.39 is 11.4 Å². The van der Waals surface area contributed by atoms with E-state index in [2.05, 4.69) is 5.32 Å². The Bertz CT molecular complexity index is 549. The zero-order valence-corrected chi connectivity index (χ0v) is 12.7. The Kier molecular flexibility index (Phi) is 4.73. The molecule has 0 saturated carbocycles. The molecule has 1 unspecified atom stereocenters. The fraction of sp³-hybridized carbons (Fsp3) is 0.467. The van der Waals surface area contributed by atoms with Gasteiger partial charge in [-0.25, -0.2) is 4.79 Å². The molecule has 1 atom stereocenters. The molecule has 1 saturated heterocycles. The summed E-state index contributed by atoms with van der Waals surface area (Å²) in [7, 11) is 0. The lowest BCUT2D eigenvalue weighted by Gasteiger charge is -2.24. The monoisotopic (exact) mass is 310 g/mol. The lowest BCUT2D eigenvalue weighted by molar-refractivity contribution is -0.148. The number of hydrogen-bond acceptors (Lipinski definition) is 2. The Morgan fingerprint density at radius 2 is 2.24 bits per heavy atom. The number of carboxylic acid groups (broad SMARTS) is 1. The Hall–Kier alpha value is -1.75. The molecule has 2 rings (SSSR count). The lowest BCUT2D eigenvalue weighted by Crippen LogP contribution is -2.38. The number of aliphatic carboxylic acids is 1. The highest BCUT2D eigenvalue weighted by atomic mass is 35.5. The van der Waals surface area contributed by atoms with Gasteiger partial charge in [-0.1, -0.05) is 31.0 Å². The number of carboxylic acids is 1. The molecule has 2 amide bonds. The largest absolute Gasteiger partial charge is 0.481 e. The van der Waals surface area contributed by atoms with E-state index in [0.717, 1.165) is 6.42 Å². The molecular weight excluding hydrogens is 292 g/mol. The van der Waals surface area contributed by atoms with Crippen LogP contribution in [0.3, 0.4) is 0 Å². The molecule has 114 valence electrons. The van der Waals surface area contributed by atoms with Gasteiger partial charge in [0, 0.05) is 23.8 Å². The average molecular weight is 311 g/mol. The van der Waals surface area contributed by atoms with Crippen LogP contribution in [-0.2, 0) is 4.79 Å². The van der Waals surface area contributed by atoms with Gasteiger partial charge in [-0.2, -0.15) is 0 Å². The standard InChI is InChI=1S/C15H19ClN2O3/c1-2-6-15(13(19)20)7-8-18(10-15)14(21)17-12-5-3-4-11(16)9-12/h3-5,9H,2,6-8,10H2,1H3,(H,17,21)(H,19,20). The van der Waals surface area contributed by atoms with Gasteiger partial charge in [0.25, 0.3) is 0 Å². The van der Waals surface area contributed by atoms with Crippen molar-refractivity contribution >= 4 is 29.3 Å². The van der Waals surface area contributed by atoms with Crippen molar-refractivity contribution in [3.8, 4) is 0 Å². The quantitative estimate of drug-likeness (QED) is 0.895. The fourth-order valence-corrected chi connectivity index (χ4v) is 2.97. The van der Waals surface area contributed by atoms with E-state index >= 15 is 0 Å². The van der Waals surface area contributed by atoms with E-state index in [1.54, 1.807) is 29.2 Å². The number of benzene rings is 1. The summed E-state index contributed by atoms with van der Waals surface area (Å²) in [6.45, 7) is 2.67. The first-order valence-corrected chi connectivity index (χ1v) is 7.39. The number of anilines is 1. The van der Waals surface area contributed by atoms with E-state index in [0.29, 0.717) is 30.1 Å². The molecule has 1 aliphatic rings. The van der Waals surface area contributed by atoms with Gasteiger partial charge in [0.1, 0.15) is 0 Å². The SMILES string of the molecule is CCCC1(C(=O)O)CCN(C(=O)Nc2cccc(Cl)c2)C1. The van der Waals surface area contributed by atoms with Crippen molar-refractivity contribution in [2.24, 2.45) is 5.41 Å². The molecule has 0 bridgehead atoms. The van der Waals surface area contributed by atoms with Crippen LogP contribution in [0.25, 0.3) is 0 Å². The Morgan fingerprint density at radius 3 is 2.86 bits per heavy atom. The van der Waals surface area contributed by atoms with Crippen LogP contribution in [0, 0.1) is 5.41 Å². The number of urea groups is 1. The zero-order chi connectivity index (χ0) is 15.5. The van der Waals surface area contributed by atoms with Gasteiger partial charge >= 0.3 is 12.0 Å². The molecule has 0 radical (unpaired) electrons. The van der Waals surface area contributed by atoms with Gasteiger partial charge in [-0.05, 0) is 31.0 Å². The maximum absolute atomic E-state index is 12.2. The number of amides is 2. The van der Waals surface area contributed by atoms with Crippen molar-refractivity contribution in [1.29, 1.82) is 0 Å². The highest BCUT2D eigenvalue weighted by Gasteiger charge is 2.45. The highest BCUT2D eigenvalue weighted by molar-refractivity contribution is 6.30. The van der Waals surface area contributed by atoms with Gasteiger partial charge in [0.2, 0.25) is 0 Å². The van der Waals surface area contributed by atoms with Crippen molar-refractivity contribution < 1.29 is 14.7 Å². The number of hydrogen-bond donors (Lipinski definition) is 2. The van der Waals surface area contributed by atoms with Crippen molar-refractivity contribution in [3.63, 3.8) is 0 Å². The van der Waals surface area contributed by atoms with Crippen molar-refractivity contribution in [1.82, 2.24) is 4.90 Å². The second-order valence-electron chi connectivity index (χ2n) is 5.45. The van der Waals surface area contributed by atoms with E-state index in [4.69, 9.17) is 11.6 Å². The lowest BCUT2D eigenvalue weighted by atomic mass is 9.83. The van der Waals surface area contributed by atoms with Crippen molar-refractivity contribution in [2.45, 2.75) is 26.2 Å². The maximum atomic E-state index is 12.2. The molecule has 0 aliphatic carbocycles. The third kappa shape index (κ3) is 3.47. The van der Waals surface area contributed by atoms with Crippen LogP contribution in [-0.4, -0.2) is 35.1 Å². The third-order valence-electron chi connectivity index (χ3n) is 3.90. The second-order valence-corrected chi connectivity index (χ2v) is 5.88. The summed E-state index contributed by atoms with van der Waals surface area (Å²) in [5.41, 5.74) is -0.198. The molecule has 0 spiro atoms. The number of nitrogens with one attached hydrogen (secondary N) is 1. The predicted molar refractivity (Wildman–Crippen MR) is 81.6 cm³/mol. The fourth-order valence-electron chi connectivity index (χ4n) is 2.78. The summed E-state index contributed by atoms with van der Waals surface area (Å²) < 4.78 is 0. The van der Waals surface area contributed by atoms with Crippen LogP contribution < -0.4 is 5.32 Å². The minimum atomic E-state index is -0.817. The normalized spacial score (nSPS) is 21.3. The topological polar surface area (TPSA) is 69.6 Å². The second kappa shape index (κ2) is 6.35. The van der Waals surface area contributed by atoms with Gasteiger partial charge < -0.3 is 15.3 Å². The maximum Gasteiger partial charge on any atom is 0.321 e. The van der Waals surface area contributed by atoms with E-state index in [9.17, 15) is 14.7 Å². The van der Waals surface area contributed by atoms with Crippen LogP contribution in [0.2, 0.25) is 5.02 Å². The van der Waals surface area contributed by atoms with Crippen molar-refractivity contribution in [2.75, 3.05) is 18.4 Å². The smallest absolute Gasteiger partial charge is 0.321 e. The molecule has 6 heteroatoms. The highest BCUT2D eigenvalue weighted by Crippen LogP contribution is 2.35. The average Bonchev–Trinajstić information content (AvgIpc) is 2.85. The first-order valence-electron chi connectivity index (χ1n) is 7.02. The van der Waals surface area contributed by atoms with Gasteiger partial charge in [-0.3, -0.25) is 4.79 Å². The van der Waals surface area contributed by atoms with Crippen LogP contribution in [0.1, 0.15) is 26.2 Å². The summed E-state index contributed by atoms with van der Waals surface area (Å²) in [5.74, 6) is -0.817.